The number of rotatable bonds is 2. The van der Waals surface area contributed by atoms with Gasteiger partial charge in [-0.3, -0.25) is 0 Å². The molecule has 4 heteroatoms. The summed E-state index contributed by atoms with van der Waals surface area (Å²) >= 11 is 11.6. The largest absolute Gasteiger partial charge is 0.331 e. The van der Waals surface area contributed by atoms with Gasteiger partial charge in [-0.2, -0.15) is 0 Å². The Bertz CT molecular complexity index is 862. The molecule has 1 N–H and O–H groups in total. The number of nitrogens with zero attached hydrogens (tertiary/aromatic N) is 1. The Morgan fingerprint density at radius 3 is 2.95 bits per heavy atom. The van der Waals surface area contributed by atoms with E-state index in [1.807, 2.05) is 18.2 Å². The van der Waals surface area contributed by atoms with Crippen molar-refractivity contribution in [3.8, 4) is 0 Å². The minimum Gasteiger partial charge on any atom is -0.331 e. The quantitative estimate of drug-likeness (QED) is 0.681. The molecule has 100 valence electrons. The van der Waals surface area contributed by atoms with Crippen LogP contribution in [0.25, 0.3) is 11.0 Å². The maximum atomic E-state index is 6.10. The topological polar surface area (TPSA) is 20.7 Å². The Morgan fingerprint density at radius 2 is 2.10 bits per heavy atom. The average Bonchev–Trinajstić information content (AvgIpc) is 2.72. The Balaban J connectivity index is 1.75. The highest BCUT2D eigenvalue weighted by Gasteiger charge is 2.26. The van der Waals surface area contributed by atoms with Gasteiger partial charge in [0.2, 0.25) is 0 Å². The predicted octanol–water partition coefficient (Wildman–Crippen LogP) is 4.69. The molecule has 0 saturated heterocycles. The summed E-state index contributed by atoms with van der Waals surface area (Å²) in [5.74, 6) is 0.552. The van der Waals surface area contributed by atoms with Crippen LogP contribution in [0, 0.1) is 4.77 Å². The van der Waals surface area contributed by atoms with Crippen molar-refractivity contribution in [2.45, 2.75) is 18.9 Å². The minimum atomic E-state index is 0.552. The number of nitrogens with one attached hydrogen (secondary N) is 1. The van der Waals surface area contributed by atoms with Crippen molar-refractivity contribution in [2.24, 2.45) is 0 Å². The normalized spacial score (nSPS) is 16.9. The summed E-state index contributed by atoms with van der Waals surface area (Å²) in [7, 11) is 0. The molecule has 20 heavy (non-hydrogen) atoms. The molecule has 1 unspecified atom stereocenters. The molecule has 1 aliphatic rings. The highest BCUT2D eigenvalue weighted by atomic mass is 35.5. The van der Waals surface area contributed by atoms with E-state index in [2.05, 4.69) is 33.8 Å². The van der Waals surface area contributed by atoms with Crippen molar-refractivity contribution in [1.82, 2.24) is 9.55 Å². The van der Waals surface area contributed by atoms with Gasteiger partial charge in [0.1, 0.15) is 0 Å². The second-order valence-electron chi connectivity index (χ2n) is 5.30. The first kappa shape index (κ1) is 12.2. The maximum absolute atomic E-state index is 6.10. The SMILES string of the molecule is S=c1[nH]c2ccc(Cl)cc2n1CC1Cc2ccccc21. The van der Waals surface area contributed by atoms with Gasteiger partial charge in [0, 0.05) is 17.5 Å². The van der Waals surface area contributed by atoms with Gasteiger partial charge in [0.15, 0.2) is 4.77 Å². The fourth-order valence-corrected chi connectivity index (χ4v) is 3.50. The maximum Gasteiger partial charge on any atom is 0.178 e. The molecule has 0 bridgehead atoms. The zero-order valence-electron chi connectivity index (χ0n) is 10.8. The summed E-state index contributed by atoms with van der Waals surface area (Å²) in [6, 6.07) is 14.5. The third-order valence-electron chi connectivity index (χ3n) is 4.10. The van der Waals surface area contributed by atoms with Crippen LogP contribution in [0.1, 0.15) is 17.0 Å². The minimum absolute atomic E-state index is 0.552. The molecule has 1 atom stereocenters. The molecule has 1 aliphatic carbocycles. The standard InChI is InChI=1S/C16H13ClN2S/c17-12-5-6-14-15(8-12)19(16(20)18-14)9-11-7-10-3-1-2-4-13(10)11/h1-6,8,11H,7,9H2,(H,18,20). The van der Waals surface area contributed by atoms with Crippen LogP contribution in [0.3, 0.4) is 0 Å². The average molecular weight is 301 g/mol. The van der Waals surface area contributed by atoms with Crippen molar-refractivity contribution >= 4 is 34.9 Å². The molecule has 0 saturated carbocycles. The molecule has 1 aromatic heterocycles. The molecular weight excluding hydrogens is 288 g/mol. The van der Waals surface area contributed by atoms with Crippen molar-refractivity contribution in [3.05, 3.63) is 63.4 Å². The van der Waals surface area contributed by atoms with E-state index in [-0.39, 0.29) is 0 Å². The number of H-pyrrole nitrogens is 1. The van der Waals surface area contributed by atoms with Crippen LogP contribution in [0.4, 0.5) is 0 Å². The first-order chi connectivity index (χ1) is 9.72. The molecule has 0 spiro atoms. The highest BCUT2D eigenvalue weighted by molar-refractivity contribution is 7.71. The zero-order chi connectivity index (χ0) is 13.7. The summed E-state index contributed by atoms with van der Waals surface area (Å²) < 4.78 is 2.93. The lowest BCUT2D eigenvalue weighted by Gasteiger charge is -2.30. The molecular formula is C16H13ClN2S. The number of benzene rings is 2. The number of hydrogen-bond donors (Lipinski definition) is 1. The molecule has 2 nitrogen and oxygen atoms in total. The number of fused-ring (bicyclic) bond motifs is 2. The van der Waals surface area contributed by atoms with Gasteiger partial charge in [-0.15, -0.1) is 0 Å². The van der Waals surface area contributed by atoms with Gasteiger partial charge < -0.3 is 9.55 Å². The van der Waals surface area contributed by atoms with E-state index in [1.54, 1.807) is 0 Å². The van der Waals surface area contributed by atoms with Crippen LogP contribution in [-0.4, -0.2) is 9.55 Å². The number of hydrogen-bond acceptors (Lipinski definition) is 1. The summed E-state index contributed by atoms with van der Waals surface area (Å²) in [6.07, 6.45) is 1.13. The van der Waals surface area contributed by atoms with E-state index in [1.165, 1.54) is 11.1 Å². The van der Waals surface area contributed by atoms with Crippen LogP contribution in [0.15, 0.2) is 42.5 Å². The van der Waals surface area contributed by atoms with Gasteiger partial charge in [-0.1, -0.05) is 35.9 Å². The Morgan fingerprint density at radius 1 is 1.25 bits per heavy atom. The third-order valence-corrected chi connectivity index (χ3v) is 4.66. The molecule has 0 amide bonds. The van der Waals surface area contributed by atoms with E-state index < -0.39 is 0 Å². The summed E-state index contributed by atoms with van der Waals surface area (Å²) in [5.41, 5.74) is 5.05. The zero-order valence-corrected chi connectivity index (χ0v) is 12.3. The predicted molar refractivity (Wildman–Crippen MR) is 85.0 cm³/mol. The lowest BCUT2D eigenvalue weighted by molar-refractivity contribution is 0.513. The molecule has 3 aromatic rings. The van der Waals surface area contributed by atoms with Crippen LogP contribution in [0.2, 0.25) is 5.02 Å². The van der Waals surface area contributed by atoms with E-state index >= 15 is 0 Å². The smallest absolute Gasteiger partial charge is 0.178 e. The lowest BCUT2D eigenvalue weighted by atomic mass is 9.77. The van der Waals surface area contributed by atoms with Crippen molar-refractivity contribution in [3.63, 3.8) is 0 Å². The monoisotopic (exact) mass is 300 g/mol. The van der Waals surface area contributed by atoms with E-state index in [0.717, 1.165) is 33.8 Å². The number of halogens is 1. The van der Waals surface area contributed by atoms with Crippen LogP contribution in [-0.2, 0) is 13.0 Å². The summed E-state index contributed by atoms with van der Waals surface area (Å²) in [5, 5.41) is 0.745. The fourth-order valence-electron chi connectivity index (χ4n) is 3.05. The summed E-state index contributed by atoms with van der Waals surface area (Å²) in [6.45, 7) is 0.913. The number of aromatic amines is 1. The molecule has 0 aliphatic heterocycles. The summed E-state index contributed by atoms with van der Waals surface area (Å²) in [4.78, 5) is 3.25. The van der Waals surface area contributed by atoms with Gasteiger partial charge in [0.05, 0.1) is 11.0 Å². The Hall–Kier alpha value is -1.58. The molecule has 1 heterocycles. The molecule has 2 aromatic carbocycles. The van der Waals surface area contributed by atoms with Gasteiger partial charge in [0.25, 0.3) is 0 Å². The van der Waals surface area contributed by atoms with Gasteiger partial charge in [-0.05, 0) is 48.0 Å². The van der Waals surface area contributed by atoms with E-state index in [0.29, 0.717) is 5.92 Å². The Kier molecular flexibility index (Phi) is 2.72. The number of imidazole rings is 1. The van der Waals surface area contributed by atoms with Crippen molar-refractivity contribution in [1.29, 1.82) is 0 Å². The van der Waals surface area contributed by atoms with Crippen LogP contribution in [0.5, 0.6) is 0 Å². The molecule has 0 fully saturated rings. The first-order valence-electron chi connectivity index (χ1n) is 6.68. The second-order valence-corrected chi connectivity index (χ2v) is 6.13. The number of aromatic nitrogens is 2. The lowest BCUT2D eigenvalue weighted by Crippen LogP contribution is -2.21. The van der Waals surface area contributed by atoms with Crippen LogP contribution < -0.4 is 0 Å². The third kappa shape index (κ3) is 1.81. The molecule has 0 radical (unpaired) electrons. The highest BCUT2D eigenvalue weighted by Crippen LogP contribution is 2.36. The van der Waals surface area contributed by atoms with Gasteiger partial charge >= 0.3 is 0 Å². The van der Waals surface area contributed by atoms with E-state index in [9.17, 15) is 0 Å². The van der Waals surface area contributed by atoms with Crippen molar-refractivity contribution in [2.75, 3.05) is 0 Å². The second kappa shape index (κ2) is 4.47. The fraction of sp³-hybridized carbons (Fsp3) is 0.188. The van der Waals surface area contributed by atoms with Gasteiger partial charge in [-0.25, -0.2) is 0 Å². The Labute approximate surface area is 127 Å². The van der Waals surface area contributed by atoms with E-state index in [4.69, 9.17) is 23.8 Å². The van der Waals surface area contributed by atoms with Crippen molar-refractivity contribution < 1.29 is 0 Å². The molecule has 4 rings (SSSR count). The van der Waals surface area contributed by atoms with Crippen LogP contribution >= 0.6 is 23.8 Å². The first-order valence-corrected chi connectivity index (χ1v) is 7.47.